The molecule has 0 nitrogen and oxygen atoms in total. The predicted molar refractivity (Wildman–Crippen MR) is 30.7 cm³/mol. The molecule has 0 atom stereocenters. The maximum atomic E-state index is 11.9. The Balaban J connectivity index is 0.000000490. The molecule has 0 N–H and O–H groups in total. The van der Waals surface area contributed by atoms with Crippen LogP contribution in [0.15, 0.2) is 0 Å². The molecule has 0 amide bonds. The van der Waals surface area contributed by atoms with Gasteiger partial charge in [0.1, 0.15) is 0 Å². The second-order valence-electron chi connectivity index (χ2n) is 2.06. The molecule has 0 aromatic heterocycles. The first-order valence-corrected chi connectivity index (χ1v) is 2.59. The van der Waals surface area contributed by atoms with E-state index in [-0.39, 0.29) is 25.2 Å². The van der Waals surface area contributed by atoms with E-state index in [0.717, 1.165) is 0 Å². The molecule has 1 fully saturated rings. The van der Waals surface area contributed by atoms with Gasteiger partial charge in [0, 0.05) is 12.8 Å². The van der Waals surface area contributed by atoms with Crippen molar-refractivity contribution in [1.29, 1.82) is 0 Å². The summed E-state index contributed by atoms with van der Waals surface area (Å²) in [6.45, 7) is 0. The minimum Gasteiger partial charge on any atom is -0.207 e. The summed E-state index contributed by atoms with van der Waals surface area (Å²) >= 11 is 0. The van der Waals surface area contributed by atoms with Gasteiger partial charge in [-0.1, -0.05) is 0 Å². The molecule has 0 aliphatic heterocycles. The molecule has 0 spiro atoms. The number of hydrogen-bond donors (Lipinski definition) is 0. The van der Waals surface area contributed by atoms with Crippen molar-refractivity contribution in [2.75, 3.05) is 0 Å². The maximum Gasteiger partial charge on any atom is 0.248 e. The molecule has 0 saturated heterocycles. The Labute approximate surface area is 53.7 Å². The van der Waals surface area contributed by atoms with Crippen molar-refractivity contribution in [3.05, 3.63) is 0 Å². The van der Waals surface area contributed by atoms with Gasteiger partial charge in [0.2, 0.25) is 5.92 Å². The van der Waals surface area contributed by atoms with E-state index in [4.69, 9.17) is 0 Å². The van der Waals surface area contributed by atoms with Crippen LogP contribution in [-0.4, -0.2) is 5.92 Å². The highest BCUT2D eigenvalue weighted by Crippen LogP contribution is 2.33. The van der Waals surface area contributed by atoms with Crippen LogP contribution in [0.5, 0.6) is 0 Å². The van der Waals surface area contributed by atoms with Gasteiger partial charge >= 0.3 is 0 Å². The summed E-state index contributed by atoms with van der Waals surface area (Å²) in [5, 5.41) is 0. The van der Waals surface area contributed by atoms with Crippen LogP contribution in [0.1, 0.15) is 25.7 Å². The van der Waals surface area contributed by atoms with Gasteiger partial charge in [-0.25, -0.2) is 8.78 Å². The van der Waals surface area contributed by atoms with Crippen molar-refractivity contribution < 1.29 is 8.78 Å². The van der Waals surface area contributed by atoms with Gasteiger partial charge in [-0.15, -0.1) is 12.4 Å². The molecule has 1 aliphatic carbocycles. The molecule has 1 aliphatic rings. The van der Waals surface area contributed by atoms with Crippen LogP contribution in [-0.2, 0) is 0 Å². The Morgan fingerprint density at radius 1 is 1.00 bits per heavy atom. The van der Waals surface area contributed by atoms with Crippen LogP contribution in [0.3, 0.4) is 0 Å². The lowest BCUT2D eigenvalue weighted by Gasteiger charge is -2.03. The molecular weight excluding hydrogens is 134 g/mol. The third kappa shape index (κ3) is 1.95. The molecule has 3 heteroatoms. The number of alkyl halides is 2. The number of halogens is 3. The van der Waals surface area contributed by atoms with E-state index in [1.54, 1.807) is 0 Å². The molecule has 50 valence electrons. The van der Waals surface area contributed by atoms with Gasteiger partial charge in [-0.3, -0.25) is 0 Å². The highest BCUT2D eigenvalue weighted by atomic mass is 35.5. The van der Waals surface area contributed by atoms with E-state index in [1.807, 2.05) is 0 Å². The van der Waals surface area contributed by atoms with Gasteiger partial charge in [0.05, 0.1) is 0 Å². The Morgan fingerprint density at radius 2 is 1.38 bits per heavy atom. The summed E-state index contributed by atoms with van der Waals surface area (Å²) in [7, 11) is 0. The van der Waals surface area contributed by atoms with Crippen LogP contribution >= 0.6 is 12.4 Å². The van der Waals surface area contributed by atoms with E-state index in [2.05, 4.69) is 0 Å². The Hall–Kier alpha value is 0.150. The molecular formula is C5H9ClF2. The first-order valence-electron chi connectivity index (χ1n) is 2.59. The smallest absolute Gasteiger partial charge is 0.207 e. The molecule has 8 heavy (non-hydrogen) atoms. The standard InChI is InChI=1S/C5H8F2.ClH/c6-5(7)3-1-2-4-5;/h1-4H2;1H. The molecule has 0 bridgehead atoms. The third-order valence-electron chi connectivity index (χ3n) is 1.34. The van der Waals surface area contributed by atoms with Gasteiger partial charge < -0.3 is 0 Å². The van der Waals surface area contributed by atoms with E-state index < -0.39 is 5.92 Å². The van der Waals surface area contributed by atoms with Crippen molar-refractivity contribution in [2.24, 2.45) is 0 Å². The third-order valence-corrected chi connectivity index (χ3v) is 1.34. The maximum absolute atomic E-state index is 11.9. The summed E-state index contributed by atoms with van der Waals surface area (Å²) in [5.41, 5.74) is 0. The monoisotopic (exact) mass is 142 g/mol. The lowest BCUT2D eigenvalue weighted by atomic mass is 10.3. The van der Waals surface area contributed by atoms with Gasteiger partial charge in [-0.2, -0.15) is 0 Å². The highest BCUT2D eigenvalue weighted by Gasteiger charge is 2.32. The van der Waals surface area contributed by atoms with Crippen LogP contribution in [0.2, 0.25) is 0 Å². The zero-order valence-electron chi connectivity index (χ0n) is 4.49. The molecule has 1 rings (SSSR count). The van der Waals surface area contributed by atoms with Crippen LogP contribution < -0.4 is 0 Å². The van der Waals surface area contributed by atoms with Crippen LogP contribution in [0.4, 0.5) is 8.78 Å². The zero-order valence-corrected chi connectivity index (χ0v) is 5.31. The summed E-state index contributed by atoms with van der Waals surface area (Å²) in [6, 6.07) is 0. The number of hydrogen-bond acceptors (Lipinski definition) is 0. The average molecular weight is 143 g/mol. The fourth-order valence-electron chi connectivity index (χ4n) is 0.892. The quantitative estimate of drug-likeness (QED) is 0.488. The van der Waals surface area contributed by atoms with Crippen molar-refractivity contribution in [3.8, 4) is 0 Å². The fourth-order valence-corrected chi connectivity index (χ4v) is 0.892. The minimum absolute atomic E-state index is 0. The summed E-state index contributed by atoms with van der Waals surface area (Å²) in [5.74, 6) is -2.31. The predicted octanol–water partition coefficient (Wildman–Crippen LogP) is 2.62. The molecule has 0 aromatic rings. The molecule has 0 radical (unpaired) electrons. The largest absolute Gasteiger partial charge is 0.248 e. The SMILES string of the molecule is Cl.FC1(F)CCCC1. The van der Waals surface area contributed by atoms with Crippen molar-refractivity contribution in [2.45, 2.75) is 31.6 Å². The first-order chi connectivity index (χ1) is 3.21. The second kappa shape index (κ2) is 2.62. The fraction of sp³-hybridized carbons (Fsp3) is 1.00. The van der Waals surface area contributed by atoms with Gasteiger partial charge in [0.25, 0.3) is 0 Å². The van der Waals surface area contributed by atoms with Gasteiger partial charge in [-0.05, 0) is 12.8 Å². The van der Waals surface area contributed by atoms with E-state index >= 15 is 0 Å². The van der Waals surface area contributed by atoms with Crippen molar-refractivity contribution in [1.82, 2.24) is 0 Å². The highest BCUT2D eigenvalue weighted by molar-refractivity contribution is 5.85. The van der Waals surface area contributed by atoms with Crippen LogP contribution in [0.25, 0.3) is 0 Å². The average Bonchev–Trinajstić information content (AvgIpc) is 1.84. The Bertz CT molecular complexity index is 64.8. The van der Waals surface area contributed by atoms with Crippen molar-refractivity contribution >= 4 is 12.4 Å². The summed E-state index contributed by atoms with van der Waals surface area (Å²) in [6.07, 6.45) is 1.67. The zero-order chi connectivity index (χ0) is 5.33. The molecule has 0 unspecified atom stereocenters. The Kier molecular flexibility index (Phi) is 2.67. The normalized spacial score (nSPS) is 24.8. The van der Waals surface area contributed by atoms with E-state index in [9.17, 15) is 8.78 Å². The first kappa shape index (κ1) is 8.15. The van der Waals surface area contributed by atoms with Crippen LogP contribution in [0, 0.1) is 0 Å². The summed E-state index contributed by atoms with van der Waals surface area (Å²) < 4.78 is 23.9. The van der Waals surface area contributed by atoms with Crippen molar-refractivity contribution in [3.63, 3.8) is 0 Å². The topological polar surface area (TPSA) is 0 Å². The number of rotatable bonds is 0. The molecule has 0 heterocycles. The Morgan fingerprint density at radius 3 is 1.50 bits per heavy atom. The van der Waals surface area contributed by atoms with E-state index in [0.29, 0.717) is 12.8 Å². The molecule has 0 aromatic carbocycles. The second-order valence-corrected chi connectivity index (χ2v) is 2.06. The summed E-state index contributed by atoms with van der Waals surface area (Å²) in [4.78, 5) is 0. The lowest BCUT2D eigenvalue weighted by Crippen LogP contribution is -2.06. The lowest BCUT2D eigenvalue weighted by molar-refractivity contribution is 0.00932. The van der Waals surface area contributed by atoms with Gasteiger partial charge in [0.15, 0.2) is 0 Å². The minimum atomic E-state index is -2.31. The molecule has 1 saturated carbocycles. The van der Waals surface area contributed by atoms with E-state index in [1.165, 1.54) is 0 Å².